The van der Waals surface area contributed by atoms with Crippen LogP contribution in [0.3, 0.4) is 0 Å². The molecule has 0 saturated carbocycles. The Morgan fingerprint density at radius 2 is 2.60 bits per heavy atom. The van der Waals surface area contributed by atoms with E-state index in [1.165, 1.54) is 17.3 Å². The second-order valence-corrected chi connectivity index (χ2v) is 2.83. The molecule has 1 aromatic heterocycles. The van der Waals surface area contributed by atoms with Crippen LogP contribution in [-0.4, -0.2) is 9.55 Å². The summed E-state index contributed by atoms with van der Waals surface area (Å²) >= 11 is 6.83. The fraction of sp³-hybridized carbons (Fsp3) is 0.167. The van der Waals surface area contributed by atoms with Crippen LogP contribution in [-0.2, 0) is 7.05 Å². The van der Waals surface area contributed by atoms with E-state index >= 15 is 0 Å². The second kappa shape index (κ2) is 3.68. The van der Waals surface area contributed by atoms with Gasteiger partial charge >= 0.3 is 0 Å². The second-order valence-electron chi connectivity index (χ2n) is 1.70. The van der Waals surface area contributed by atoms with Crippen LogP contribution in [0.15, 0.2) is 28.5 Å². The zero-order valence-electron chi connectivity index (χ0n) is 5.49. The van der Waals surface area contributed by atoms with E-state index in [9.17, 15) is 0 Å². The largest absolute Gasteiger partial charge is 0.329 e. The number of nitrogens with zero attached hydrogens (tertiary/aromatic N) is 2. The van der Waals surface area contributed by atoms with Gasteiger partial charge in [-0.05, 0) is 5.41 Å². The van der Waals surface area contributed by atoms with Crippen molar-refractivity contribution >= 4 is 23.4 Å². The van der Waals surface area contributed by atoms with Crippen LogP contribution in [0.1, 0.15) is 0 Å². The van der Waals surface area contributed by atoms with Gasteiger partial charge in [0.2, 0.25) is 0 Å². The predicted molar refractivity (Wildman–Crippen MR) is 44.1 cm³/mol. The van der Waals surface area contributed by atoms with Crippen LogP contribution >= 0.6 is 23.4 Å². The fourth-order valence-corrected chi connectivity index (χ4v) is 1.23. The Balaban J connectivity index is 2.65. The molecule has 1 aromatic rings. The molecule has 0 N–H and O–H groups in total. The molecule has 0 spiro atoms. The Morgan fingerprint density at radius 3 is 3.10 bits per heavy atom. The van der Waals surface area contributed by atoms with Crippen molar-refractivity contribution in [2.75, 3.05) is 0 Å². The summed E-state index contributed by atoms with van der Waals surface area (Å²) in [5.41, 5.74) is 1.47. The normalized spacial score (nSPS) is 11.0. The monoisotopic (exact) mass is 174 g/mol. The van der Waals surface area contributed by atoms with E-state index in [1.807, 2.05) is 17.8 Å². The van der Waals surface area contributed by atoms with Gasteiger partial charge in [0.25, 0.3) is 0 Å². The van der Waals surface area contributed by atoms with Crippen molar-refractivity contribution in [3.05, 3.63) is 23.3 Å². The van der Waals surface area contributed by atoms with Gasteiger partial charge in [-0.1, -0.05) is 23.4 Å². The van der Waals surface area contributed by atoms with E-state index in [-0.39, 0.29) is 0 Å². The molecule has 4 heteroatoms. The van der Waals surface area contributed by atoms with Gasteiger partial charge < -0.3 is 4.57 Å². The summed E-state index contributed by atoms with van der Waals surface area (Å²) in [4.78, 5) is 4.07. The molecule has 0 radical (unpaired) electrons. The average Bonchev–Trinajstić information content (AvgIpc) is 2.31. The Morgan fingerprint density at radius 1 is 1.80 bits per heavy atom. The van der Waals surface area contributed by atoms with Crippen molar-refractivity contribution in [2.24, 2.45) is 7.05 Å². The van der Waals surface area contributed by atoms with Gasteiger partial charge in [-0.3, -0.25) is 0 Å². The smallest absolute Gasteiger partial charge is 0.172 e. The third kappa shape index (κ3) is 1.78. The number of aromatic nitrogens is 2. The standard InChI is InChI=1S/C6H7ClN2S/c1-9-4-3-8-6(9)10-5-2-7/h2-5H,1H3. The van der Waals surface area contributed by atoms with E-state index in [0.29, 0.717) is 0 Å². The van der Waals surface area contributed by atoms with Crippen molar-refractivity contribution in [2.45, 2.75) is 5.16 Å². The third-order valence-corrected chi connectivity index (χ3v) is 2.15. The molecule has 0 amide bonds. The summed E-state index contributed by atoms with van der Waals surface area (Å²) in [5.74, 6) is 0. The van der Waals surface area contributed by atoms with Gasteiger partial charge in [-0.2, -0.15) is 0 Å². The molecule has 0 atom stereocenters. The van der Waals surface area contributed by atoms with Gasteiger partial charge in [-0.25, -0.2) is 4.98 Å². The minimum Gasteiger partial charge on any atom is -0.329 e. The molecule has 54 valence electrons. The first-order valence-electron chi connectivity index (χ1n) is 2.74. The lowest BCUT2D eigenvalue weighted by molar-refractivity contribution is 0.792. The molecular weight excluding hydrogens is 168 g/mol. The fourth-order valence-electron chi connectivity index (χ4n) is 0.552. The van der Waals surface area contributed by atoms with Gasteiger partial charge in [0, 0.05) is 25.0 Å². The van der Waals surface area contributed by atoms with Gasteiger partial charge in [0.05, 0.1) is 0 Å². The van der Waals surface area contributed by atoms with E-state index in [2.05, 4.69) is 4.98 Å². The van der Waals surface area contributed by atoms with Crippen molar-refractivity contribution in [1.82, 2.24) is 9.55 Å². The summed E-state index contributed by atoms with van der Waals surface area (Å²) in [6.45, 7) is 0. The number of halogens is 1. The van der Waals surface area contributed by atoms with Crippen molar-refractivity contribution in [1.29, 1.82) is 0 Å². The van der Waals surface area contributed by atoms with Gasteiger partial charge in [0.15, 0.2) is 5.16 Å². The lowest BCUT2D eigenvalue weighted by Gasteiger charge is -1.93. The maximum atomic E-state index is 5.33. The lowest BCUT2D eigenvalue weighted by atomic mass is 10.9. The zero-order chi connectivity index (χ0) is 7.40. The molecule has 2 nitrogen and oxygen atoms in total. The van der Waals surface area contributed by atoms with Crippen LogP contribution in [0.4, 0.5) is 0 Å². The van der Waals surface area contributed by atoms with E-state index in [1.54, 1.807) is 11.6 Å². The van der Waals surface area contributed by atoms with Gasteiger partial charge in [-0.15, -0.1) is 0 Å². The van der Waals surface area contributed by atoms with Gasteiger partial charge in [0.1, 0.15) is 0 Å². The van der Waals surface area contributed by atoms with Crippen LogP contribution in [0.2, 0.25) is 0 Å². The molecule has 1 rings (SSSR count). The topological polar surface area (TPSA) is 17.8 Å². The quantitative estimate of drug-likeness (QED) is 0.640. The van der Waals surface area contributed by atoms with E-state index in [0.717, 1.165) is 5.16 Å². The maximum Gasteiger partial charge on any atom is 0.172 e. The minimum absolute atomic E-state index is 0.942. The third-order valence-electron chi connectivity index (χ3n) is 1.00. The molecule has 0 bridgehead atoms. The Labute approximate surface area is 68.9 Å². The van der Waals surface area contributed by atoms with E-state index in [4.69, 9.17) is 11.6 Å². The zero-order valence-corrected chi connectivity index (χ0v) is 7.06. The first-order valence-corrected chi connectivity index (χ1v) is 4.05. The SMILES string of the molecule is Cn1ccnc1SC=CCl. The highest BCUT2D eigenvalue weighted by Crippen LogP contribution is 2.15. The molecule has 0 unspecified atom stereocenters. The highest BCUT2D eigenvalue weighted by molar-refractivity contribution is 8.02. The van der Waals surface area contributed by atoms with Crippen molar-refractivity contribution < 1.29 is 0 Å². The molecular formula is C6H7ClN2S. The molecule has 1 heterocycles. The minimum atomic E-state index is 0.942. The Bertz CT molecular complexity index is 231. The first kappa shape index (κ1) is 7.69. The molecule has 0 aromatic carbocycles. The number of rotatable bonds is 2. The number of thioether (sulfide) groups is 1. The summed E-state index contributed by atoms with van der Waals surface area (Å²) < 4.78 is 1.93. The summed E-state index contributed by atoms with van der Waals surface area (Å²) in [6, 6.07) is 0. The van der Waals surface area contributed by atoms with Crippen LogP contribution < -0.4 is 0 Å². The first-order chi connectivity index (χ1) is 4.84. The molecule has 0 aliphatic carbocycles. The van der Waals surface area contributed by atoms with E-state index < -0.39 is 0 Å². The maximum absolute atomic E-state index is 5.33. The van der Waals surface area contributed by atoms with Crippen molar-refractivity contribution in [3.8, 4) is 0 Å². The van der Waals surface area contributed by atoms with Crippen LogP contribution in [0.25, 0.3) is 0 Å². The number of hydrogen-bond acceptors (Lipinski definition) is 2. The average molecular weight is 175 g/mol. The summed E-state index contributed by atoms with van der Waals surface area (Å²) in [5, 5.41) is 2.72. The molecule has 0 aliphatic rings. The molecule has 0 fully saturated rings. The molecule has 10 heavy (non-hydrogen) atoms. The number of hydrogen-bond donors (Lipinski definition) is 0. The molecule has 0 aliphatic heterocycles. The van der Waals surface area contributed by atoms with Crippen molar-refractivity contribution in [3.63, 3.8) is 0 Å². The highest BCUT2D eigenvalue weighted by atomic mass is 35.5. The van der Waals surface area contributed by atoms with Crippen LogP contribution in [0, 0.1) is 0 Å². The number of imidazole rings is 1. The Hall–Kier alpha value is -0.410. The summed E-state index contributed by atoms with van der Waals surface area (Å²) in [6.07, 6.45) is 3.65. The van der Waals surface area contributed by atoms with Crippen LogP contribution in [0.5, 0.6) is 0 Å². The predicted octanol–water partition coefficient (Wildman–Crippen LogP) is 2.22. The highest BCUT2D eigenvalue weighted by Gasteiger charge is 1.93. The lowest BCUT2D eigenvalue weighted by Crippen LogP contribution is -1.85. The molecule has 0 saturated heterocycles. The number of aryl methyl sites for hydroxylation is 1. The Kier molecular flexibility index (Phi) is 2.83. The summed E-state index contributed by atoms with van der Waals surface area (Å²) in [7, 11) is 1.94.